The van der Waals surface area contributed by atoms with Crippen molar-refractivity contribution < 1.29 is 9.47 Å². The monoisotopic (exact) mass is 184 g/mol. The van der Waals surface area contributed by atoms with Crippen LogP contribution in [0, 0.1) is 0 Å². The summed E-state index contributed by atoms with van der Waals surface area (Å²) in [7, 11) is 3.14. The van der Waals surface area contributed by atoms with Crippen LogP contribution in [-0.4, -0.2) is 14.2 Å². The van der Waals surface area contributed by atoms with Gasteiger partial charge in [-0.25, -0.2) is 0 Å². The first kappa shape index (κ1) is 14.3. The van der Waals surface area contributed by atoms with Crippen molar-refractivity contribution in [3.63, 3.8) is 0 Å². The minimum atomic E-state index is 0.611. The molecular weight excluding hydrogens is 164 g/mol. The van der Waals surface area contributed by atoms with Gasteiger partial charge in [0.1, 0.15) is 0 Å². The van der Waals surface area contributed by atoms with Gasteiger partial charge in [-0.2, -0.15) is 0 Å². The van der Waals surface area contributed by atoms with E-state index in [9.17, 15) is 0 Å². The van der Waals surface area contributed by atoms with Crippen LogP contribution in [0.25, 0.3) is 0 Å². The molecule has 0 radical (unpaired) electrons. The number of rotatable bonds is 4. The molecule has 76 valence electrons. The molecule has 0 N–H and O–H groups in total. The topological polar surface area (TPSA) is 18.5 Å². The Bertz CT molecular complexity index is 190. The van der Waals surface area contributed by atoms with Gasteiger partial charge < -0.3 is 9.47 Å². The third-order valence-electron chi connectivity index (χ3n) is 1.22. The highest BCUT2D eigenvalue weighted by Crippen LogP contribution is 2.14. The summed E-state index contributed by atoms with van der Waals surface area (Å²) >= 11 is 0. The molecule has 0 aliphatic rings. The van der Waals surface area contributed by atoms with Crippen molar-refractivity contribution in [2.75, 3.05) is 14.2 Å². The Labute approximate surface area is 81.6 Å². The molecule has 0 fully saturated rings. The van der Waals surface area contributed by atoms with Crippen molar-refractivity contribution in [2.24, 2.45) is 0 Å². The highest BCUT2D eigenvalue weighted by atomic mass is 16.5. The average molecular weight is 184 g/mol. The summed E-state index contributed by atoms with van der Waals surface area (Å²) in [6.07, 6.45) is 1.59. The maximum Gasteiger partial charge on any atom is 0.162 e. The van der Waals surface area contributed by atoms with E-state index in [-0.39, 0.29) is 0 Å². The van der Waals surface area contributed by atoms with Gasteiger partial charge in [0.05, 0.1) is 14.2 Å². The van der Waals surface area contributed by atoms with Crippen molar-refractivity contribution in [1.82, 2.24) is 0 Å². The molecule has 0 heterocycles. The van der Waals surface area contributed by atoms with Gasteiger partial charge in [0.15, 0.2) is 11.5 Å². The van der Waals surface area contributed by atoms with E-state index in [1.54, 1.807) is 20.3 Å². The van der Waals surface area contributed by atoms with Gasteiger partial charge in [-0.3, -0.25) is 0 Å². The quantitative estimate of drug-likeness (QED) is 0.493. The van der Waals surface area contributed by atoms with E-state index in [1.807, 2.05) is 20.8 Å². The lowest BCUT2D eigenvalue weighted by Crippen LogP contribution is -1.95. The van der Waals surface area contributed by atoms with Crippen LogP contribution in [-0.2, 0) is 9.47 Å². The number of allylic oxidation sites excluding steroid dienone is 2. The van der Waals surface area contributed by atoms with Crippen LogP contribution < -0.4 is 0 Å². The Balaban J connectivity index is 0. The Morgan fingerprint density at radius 2 is 1.62 bits per heavy atom. The van der Waals surface area contributed by atoms with E-state index in [4.69, 9.17) is 9.47 Å². The second-order valence-electron chi connectivity index (χ2n) is 2.09. The average Bonchev–Trinajstić information content (AvgIpc) is 2.16. The first-order valence-electron chi connectivity index (χ1n) is 4.28. The van der Waals surface area contributed by atoms with Crippen LogP contribution in [0.4, 0.5) is 0 Å². The Morgan fingerprint density at radius 1 is 1.15 bits per heavy atom. The molecule has 2 nitrogen and oxygen atoms in total. The maximum atomic E-state index is 5.04. The number of methoxy groups -OCH3 is 2. The van der Waals surface area contributed by atoms with Crippen LogP contribution in [0.5, 0.6) is 0 Å². The second-order valence-corrected chi connectivity index (χ2v) is 2.09. The lowest BCUT2D eigenvalue weighted by atomic mass is 10.2. The van der Waals surface area contributed by atoms with Crippen molar-refractivity contribution in [1.29, 1.82) is 0 Å². The van der Waals surface area contributed by atoms with Crippen molar-refractivity contribution in [3.05, 3.63) is 36.3 Å². The van der Waals surface area contributed by atoms with Gasteiger partial charge in [-0.15, -0.1) is 0 Å². The Kier molecular flexibility index (Phi) is 9.84. The zero-order valence-corrected chi connectivity index (χ0v) is 9.31. The molecule has 0 aromatic heterocycles. The van der Waals surface area contributed by atoms with Crippen LogP contribution in [0.1, 0.15) is 20.8 Å². The summed E-state index contributed by atoms with van der Waals surface area (Å²) in [6, 6.07) is 0. The molecule has 0 aromatic carbocycles. The molecule has 0 aromatic rings. The molecule has 0 bridgehead atoms. The number of ether oxygens (including phenoxy) is 2. The molecule has 0 spiro atoms. The van der Waals surface area contributed by atoms with Crippen molar-refractivity contribution in [3.8, 4) is 0 Å². The summed E-state index contributed by atoms with van der Waals surface area (Å²) in [5.74, 6) is 1.25. The highest BCUT2D eigenvalue weighted by Gasteiger charge is 2.03. The smallest absolute Gasteiger partial charge is 0.162 e. The molecule has 0 aliphatic carbocycles. The van der Waals surface area contributed by atoms with Crippen LogP contribution in [0.3, 0.4) is 0 Å². The van der Waals surface area contributed by atoms with E-state index in [0.29, 0.717) is 11.5 Å². The lowest BCUT2D eigenvalue weighted by Gasteiger charge is -2.09. The largest absolute Gasteiger partial charge is 0.493 e. The van der Waals surface area contributed by atoms with Gasteiger partial charge in [0.2, 0.25) is 0 Å². The van der Waals surface area contributed by atoms with Crippen molar-refractivity contribution in [2.45, 2.75) is 20.8 Å². The molecular formula is C11H20O2. The second kappa shape index (κ2) is 8.91. The predicted octanol–water partition coefficient (Wildman–Crippen LogP) is 3.28. The van der Waals surface area contributed by atoms with E-state index in [2.05, 4.69) is 13.2 Å². The molecule has 13 heavy (non-hydrogen) atoms. The predicted molar refractivity (Wildman–Crippen MR) is 57.4 cm³/mol. The molecule has 0 saturated heterocycles. The number of hydrogen-bond acceptors (Lipinski definition) is 2. The first-order valence-corrected chi connectivity index (χ1v) is 4.28. The zero-order valence-electron chi connectivity index (χ0n) is 9.31. The van der Waals surface area contributed by atoms with Gasteiger partial charge in [-0.05, 0) is 18.6 Å². The van der Waals surface area contributed by atoms with Gasteiger partial charge in [0.25, 0.3) is 0 Å². The molecule has 0 amide bonds. The highest BCUT2D eigenvalue weighted by molar-refractivity contribution is 5.28. The van der Waals surface area contributed by atoms with Gasteiger partial charge in [-0.1, -0.05) is 27.0 Å². The van der Waals surface area contributed by atoms with Crippen LogP contribution >= 0.6 is 0 Å². The van der Waals surface area contributed by atoms with E-state index >= 15 is 0 Å². The molecule has 0 atom stereocenters. The third-order valence-corrected chi connectivity index (χ3v) is 1.22. The van der Waals surface area contributed by atoms with E-state index in [0.717, 1.165) is 5.57 Å². The molecule has 0 saturated carbocycles. The van der Waals surface area contributed by atoms with E-state index < -0.39 is 0 Å². The Morgan fingerprint density at radius 3 is 1.69 bits per heavy atom. The Hall–Kier alpha value is -1.18. The fraction of sp³-hybridized carbons (Fsp3) is 0.455. The summed E-state index contributed by atoms with van der Waals surface area (Å²) in [5, 5.41) is 0. The van der Waals surface area contributed by atoms with E-state index in [1.165, 1.54) is 0 Å². The summed E-state index contributed by atoms with van der Waals surface area (Å²) in [5.41, 5.74) is 0.823. The lowest BCUT2D eigenvalue weighted by molar-refractivity contribution is 0.238. The maximum absolute atomic E-state index is 5.04. The molecule has 2 heteroatoms. The van der Waals surface area contributed by atoms with Gasteiger partial charge in [0, 0.05) is 0 Å². The number of hydrogen-bond donors (Lipinski definition) is 0. The van der Waals surface area contributed by atoms with Gasteiger partial charge >= 0.3 is 0 Å². The third kappa shape index (κ3) is 5.12. The standard InChI is InChI=1S/C9H14O2.C2H6/c1-6-8(10-4)9(11-5)7(2)3;1-2/h6H,1-2H2,3-5H3;1-2H3/b9-8-;. The SMILES string of the molecule is C=C/C(OC)=C(/OC)C(=C)C.CC. The fourth-order valence-corrected chi connectivity index (χ4v) is 0.754. The normalized spacial score (nSPS) is 10.2. The molecule has 0 unspecified atom stereocenters. The van der Waals surface area contributed by atoms with Crippen molar-refractivity contribution >= 4 is 0 Å². The fourth-order valence-electron chi connectivity index (χ4n) is 0.754. The van der Waals surface area contributed by atoms with Crippen LogP contribution in [0.2, 0.25) is 0 Å². The summed E-state index contributed by atoms with van der Waals surface area (Å²) in [6.45, 7) is 13.2. The zero-order chi connectivity index (χ0) is 10.9. The first-order chi connectivity index (χ1) is 6.17. The van der Waals surface area contributed by atoms with Crippen LogP contribution in [0.15, 0.2) is 36.3 Å². The molecule has 0 rings (SSSR count). The summed E-state index contributed by atoms with van der Waals surface area (Å²) < 4.78 is 10.0. The molecule has 0 aliphatic heterocycles. The summed E-state index contributed by atoms with van der Waals surface area (Å²) in [4.78, 5) is 0. The minimum absolute atomic E-state index is 0.611. The minimum Gasteiger partial charge on any atom is -0.493 e.